The molecule has 0 aliphatic carbocycles. The fourth-order valence-electron chi connectivity index (χ4n) is 2.36. The first-order valence-corrected chi connectivity index (χ1v) is 6.41. The van der Waals surface area contributed by atoms with Crippen LogP contribution in [0.5, 0.6) is 0 Å². The second-order valence-corrected chi connectivity index (χ2v) is 5.98. The molecule has 0 saturated carbocycles. The van der Waals surface area contributed by atoms with Crippen molar-refractivity contribution in [3.8, 4) is 0 Å². The van der Waals surface area contributed by atoms with Crippen LogP contribution in [0.25, 0.3) is 0 Å². The van der Waals surface area contributed by atoms with Crippen LogP contribution in [0.3, 0.4) is 0 Å². The van der Waals surface area contributed by atoms with Gasteiger partial charge in [-0.15, -0.1) is 0 Å². The van der Waals surface area contributed by atoms with Gasteiger partial charge in [0.2, 0.25) is 11.8 Å². The van der Waals surface area contributed by atoms with E-state index in [0.717, 1.165) is 0 Å². The molecule has 1 N–H and O–H groups in total. The van der Waals surface area contributed by atoms with Gasteiger partial charge in [0.05, 0.1) is 6.61 Å². The molecule has 0 bridgehead atoms. The average molecular weight is 256 g/mol. The van der Waals surface area contributed by atoms with Crippen molar-refractivity contribution in [2.24, 2.45) is 5.41 Å². The Morgan fingerprint density at radius 1 is 1.28 bits per heavy atom. The summed E-state index contributed by atoms with van der Waals surface area (Å²) < 4.78 is 0. The topological polar surface area (TPSA) is 60.9 Å². The average Bonchev–Trinajstić information content (AvgIpc) is 2.55. The van der Waals surface area contributed by atoms with E-state index in [0.29, 0.717) is 25.9 Å². The van der Waals surface area contributed by atoms with Crippen molar-refractivity contribution in [2.45, 2.75) is 39.7 Å². The molecular formula is C13H24N2O3. The normalized spacial score (nSPS) is 18.9. The van der Waals surface area contributed by atoms with Gasteiger partial charge in [0, 0.05) is 32.0 Å². The summed E-state index contributed by atoms with van der Waals surface area (Å²) in [6.07, 6.45) is 0.677. The van der Waals surface area contributed by atoms with Crippen molar-refractivity contribution in [1.29, 1.82) is 0 Å². The van der Waals surface area contributed by atoms with Gasteiger partial charge in [0.15, 0.2) is 0 Å². The quantitative estimate of drug-likeness (QED) is 0.727. The lowest BCUT2D eigenvalue weighted by molar-refractivity contribution is -0.138. The van der Waals surface area contributed by atoms with Crippen molar-refractivity contribution < 1.29 is 14.7 Å². The van der Waals surface area contributed by atoms with Gasteiger partial charge in [0.1, 0.15) is 0 Å². The van der Waals surface area contributed by atoms with Gasteiger partial charge in [-0.3, -0.25) is 19.4 Å². The zero-order valence-corrected chi connectivity index (χ0v) is 11.8. The highest BCUT2D eigenvalue weighted by Crippen LogP contribution is 2.23. The summed E-state index contributed by atoms with van der Waals surface area (Å²) in [5.41, 5.74) is -0.0392. The standard InChI is InChI=1S/C13H24N2O3/c1-13(2,3)10(9-16)14(4)7-8-15-11(17)5-6-12(15)18/h10,16H,5-9H2,1-4H3. The molecule has 1 unspecified atom stereocenters. The molecule has 1 fully saturated rings. The number of aliphatic hydroxyl groups is 1. The number of aliphatic hydroxyl groups excluding tert-OH is 1. The van der Waals surface area contributed by atoms with Crippen LogP contribution >= 0.6 is 0 Å². The molecule has 1 aliphatic rings. The molecule has 0 spiro atoms. The first-order chi connectivity index (χ1) is 8.27. The largest absolute Gasteiger partial charge is 0.395 e. The number of carbonyl (C=O) groups excluding carboxylic acids is 2. The second kappa shape index (κ2) is 5.80. The lowest BCUT2D eigenvalue weighted by atomic mass is 9.86. The highest BCUT2D eigenvalue weighted by atomic mass is 16.3. The molecule has 0 radical (unpaired) electrons. The number of hydrogen-bond acceptors (Lipinski definition) is 4. The van der Waals surface area contributed by atoms with Gasteiger partial charge >= 0.3 is 0 Å². The summed E-state index contributed by atoms with van der Waals surface area (Å²) in [6, 6.07) is 0.0188. The fourth-order valence-corrected chi connectivity index (χ4v) is 2.36. The molecule has 1 atom stereocenters. The monoisotopic (exact) mass is 256 g/mol. The predicted molar refractivity (Wildman–Crippen MR) is 68.9 cm³/mol. The Labute approximate surface area is 109 Å². The minimum Gasteiger partial charge on any atom is -0.395 e. The van der Waals surface area contributed by atoms with Gasteiger partial charge in [-0.25, -0.2) is 0 Å². The highest BCUT2D eigenvalue weighted by molar-refractivity contribution is 6.01. The van der Waals surface area contributed by atoms with Crippen molar-refractivity contribution in [3.63, 3.8) is 0 Å². The van der Waals surface area contributed by atoms with Crippen LogP contribution in [-0.2, 0) is 9.59 Å². The lowest BCUT2D eigenvalue weighted by Crippen LogP contribution is -2.47. The number of carbonyl (C=O) groups is 2. The van der Waals surface area contributed by atoms with Crippen molar-refractivity contribution in [3.05, 3.63) is 0 Å². The molecule has 1 rings (SSSR count). The van der Waals surface area contributed by atoms with E-state index in [4.69, 9.17) is 0 Å². The van der Waals surface area contributed by atoms with Crippen LogP contribution in [-0.4, -0.2) is 59.5 Å². The predicted octanol–water partition coefficient (Wildman–Crippen LogP) is 0.474. The molecule has 18 heavy (non-hydrogen) atoms. The number of imide groups is 1. The van der Waals surface area contributed by atoms with Crippen LogP contribution in [0.15, 0.2) is 0 Å². The Kier molecular flexibility index (Phi) is 4.87. The van der Waals surface area contributed by atoms with Crippen molar-refractivity contribution in [2.75, 3.05) is 26.7 Å². The molecule has 5 heteroatoms. The van der Waals surface area contributed by atoms with Crippen molar-refractivity contribution >= 4 is 11.8 Å². The summed E-state index contributed by atoms with van der Waals surface area (Å²) >= 11 is 0. The van der Waals surface area contributed by atoms with E-state index in [1.807, 2.05) is 11.9 Å². The van der Waals surface area contributed by atoms with Gasteiger partial charge in [0.25, 0.3) is 0 Å². The maximum Gasteiger partial charge on any atom is 0.229 e. The summed E-state index contributed by atoms with van der Waals surface area (Å²) in [5, 5.41) is 9.44. The van der Waals surface area contributed by atoms with Crippen molar-refractivity contribution in [1.82, 2.24) is 9.80 Å². The second-order valence-electron chi connectivity index (χ2n) is 5.98. The number of amides is 2. The first-order valence-electron chi connectivity index (χ1n) is 6.41. The Morgan fingerprint density at radius 2 is 1.78 bits per heavy atom. The molecule has 2 amide bonds. The first kappa shape index (κ1) is 15.1. The maximum absolute atomic E-state index is 11.5. The van der Waals surface area contributed by atoms with E-state index in [9.17, 15) is 14.7 Å². The van der Waals surface area contributed by atoms with Crippen LogP contribution < -0.4 is 0 Å². The summed E-state index contributed by atoms with van der Waals surface area (Å²) in [6.45, 7) is 7.28. The van der Waals surface area contributed by atoms with Crippen LogP contribution in [0.2, 0.25) is 0 Å². The van der Waals surface area contributed by atoms with Gasteiger partial charge in [-0.2, -0.15) is 0 Å². The number of nitrogens with zero attached hydrogens (tertiary/aromatic N) is 2. The summed E-state index contributed by atoms with van der Waals surface area (Å²) in [7, 11) is 1.91. The van der Waals surface area contributed by atoms with Crippen LogP contribution in [0.1, 0.15) is 33.6 Å². The summed E-state index contributed by atoms with van der Waals surface area (Å²) in [5.74, 6) is -0.158. The number of likely N-dealkylation sites (tertiary alicyclic amines) is 1. The Hall–Kier alpha value is -0.940. The van der Waals surface area contributed by atoms with E-state index >= 15 is 0 Å². The third-order valence-electron chi connectivity index (χ3n) is 3.54. The van der Waals surface area contributed by atoms with E-state index in [1.165, 1.54) is 4.90 Å². The highest BCUT2D eigenvalue weighted by Gasteiger charge is 2.31. The van der Waals surface area contributed by atoms with Gasteiger partial charge in [-0.1, -0.05) is 20.8 Å². The smallest absolute Gasteiger partial charge is 0.229 e. The molecule has 1 aliphatic heterocycles. The van der Waals surface area contributed by atoms with Crippen LogP contribution in [0.4, 0.5) is 0 Å². The molecule has 1 heterocycles. The Bertz CT molecular complexity index is 307. The maximum atomic E-state index is 11.5. The molecule has 0 aromatic heterocycles. The third-order valence-corrected chi connectivity index (χ3v) is 3.54. The van der Waals surface area contributed by atoms with Gasteiger partial charge < -0.3 is 5.11 Å². The Morgan fingerprint density at radius 3 is 2.17 bits per heavy atom. The molecule has 1 saturated heterocycles. The zero-order chi connectivity index (χ0) is 13.9. The number of rotatable bonds is 5. The molecule has 0 aromatic carbocycles. The SMILES string of the molecule is CN(CCN1C(=O)CCC1=O)C(CO)C(C)(C)C. The van der Waals surface area contributed by atoms with Gasteiger partial charge in [-0.05, 0) is 12.5 Å². The van der Waals surface area contributed by atoms with E-state index in [1.54, 1.807) is 0 Å². The fraction of sp³-hybridized carbons (Fsp3) is 0.846. The lowest BCUT2D eigenvalue weighted by Gasteiger charge is -2.37. The minimum atomic E-state index is -0.0790. The molecular weight excluding hydrogens is 232 g/mol. The number of hydrogen-bond donors (Lipinski definition) is 1. The minimum absolute atomic E-state index is 0.0188. The molecule has 104 valence electrons. The Balaban J connectivity index is 2.52. The third kappa shape index (κ3) is 3.53. The summed E-state index contributed by atoms with van der Waals surface area (Å²) in [4.78, 5) is 26.3. The van der Waals surface area contributed by atoms with E-state index in [2.05, 4.69) is 20.8 Å². The van der Waals surface area contributed by atoms with E-state index < -0.39 is 0 Å². The molecule has 0 aromatic rings. The van der Waals surface area contributed by atoms with Crippen LogP contribution in [0, 0.1) is 5.41 Å². The van der Waals surface area contributed by atoms with E-state index in [-0.39, 0.29) is 29.9 Å². The number of likely N-dealkylation sites (N-methyl/N-ethyl adjacent to an activating group) is 1. The molecule has 5 nitrogen and oxygen atoms in total. The zero-order valence-electron chi connectivity index (χ0n) is 11.8.